The highest BCUT2D eigenvalue weighted by Crippen LogP contribution is 2.34. The average Bonchev–Trinajstić information content (AvgIpc) is 2.51. The van der Waals surface area contributed by atoms with Gasteiger partial charge < -0.3 is 0 Å². The Morgan fingerprint density at radius 3 is 2.08 bits per heavy atom. The number of sulfonamides is 1. The van der Waals surface area contributed by atoms with Crippen LogP contribution in [0.15, 0.2) is 53.4 Å². The van der Waals surface area contributed by atoms with Gasteiger partial charge in [0, 0.05) is 0 Å². The molecule has 142 valence electrons. The lowest BCUT2D eigenvalue weighted by molar-refractivity contribution is 0.254. The van der Waals surface area contributed by atoms with Crippen molar-refractivity contribution in [3.05, 3.63) is 65.2 Å². The molecule has 2 N–H and O–H groups in total. The van der Waals surface area contributed by atoms with Gasteiger partial charge >= 0.3 is 0 Å². The lowest BCUT2D eigenvalue weighted by Gasteiger charge is -2.23. The van der Waals surface area contributed by atoms with Gasteiger partial charge in [-0.1, -0.05) is 56.3 Å². The van der Waals surface area contributed by atoms with E-state index in [0.717, 1.165) is 6.26 Å². The van der Waals surface area contributed by atoms with E-state index in [-0.39, 0.29) is 10.8 Å². The Labute approximate surface area is 155 Å². The van der Waals surface area contributed by atoms with Gasteiger partial charge in [-0.15, -0.1) is 0 Å². The standard InChI is InChI=1S/C18H23NO5S2/c1-13(2)12-16-15(10-7-11-17(16)26(19,22)23)18(24-25(3,20)21)14-8-5-4-6-9-14/h4-11,13,18H,12H2,1-3H3,(H2,19,22,23). The number of nitrogens with two attached hydrogens (primary N) is 1. The minimum atomic E-state index is -3.97. The highest BCUT2D eigenvalue weighted by molar-refractivity contribution is 7.89. The largest absolute Gasteiger partial charge is 0.265 e. The van der Waals surface area contributed by atoms with E-state index in [1.54, 1.807) is 42.5 Å². The normalized spacial score (nSPS) is 13.7. The van der Waals surface area contributed by atoms with Crippen molar-refractivity contribution in [3.63, 3.8) is 0 Å². The second kappa shape index (κ2) is 7.87. The van der Waals surface area contributed by atoms with Crippen LogP contribution in [0.5, 0.6) is 0 Å². The average molecular weight is 398 g/mol. The number of hydrogen-bond donors (Lipinski definition) is 1. The van der Waals surface area contributed by atoms with Crippen LogP contribution >= 0.6 is 0 Å². The highest BCUT2D eigenvalue weighted by Gasteiger charge is 2.26. The molecule has 0 amide bonds. The summed E-state index contributed by atoms with van der Waals surface area (Å²) in [6.45, 7) is 3.89. The molecule has 8 heteroatoms. The molecule has 0 fully saturated rings. The van der Waals surface area contributed by atoms with E-state index in [9.17, 15) is 16.8 Å². The molecule has 2 rings (SSSR count). The molecule has 1 atom stereocenters. The van der Waals surface area contributed by atoms with Crippen LogP contribution in [0, 0.1) is 5.92 Å². The van der Waals surface area contributed by atoms with Crippen molar-refractivity contribution in [2.45, 2.75) is 31.3 Å². The molecule has 26 heavy (non-hydrogen) atoms. The molecule has 1 unspecified atom stereocenters. The van der Waals surface area contributed by atoms with E-state index in [1.807, 2.05) is 13.8 Å². The van der Waals surface area contributed by atoms with E-state index in [2.05, 4.69) is 0 Å². The molecule has 0 spiro atoms. The van der Waals surface area contributed by atoms with Gasteiger partial charge in [0.25, 0.3) is 10.1 Å². The SMILES string of the molecule is CC(C)Cc1c(C(OS(C)(=O)=O)c2ccccc2)cccc1S(N)(=O)=O. The van der Waals surface area contributed by atoms with E-state index in [4.69, 9.17) is 9.32 Å². The minimum absolute atomic E-state index is 0.0123. The summed E-state index contributed by atoms with van der Waals surface area (Å²) < 4.78 is 53.1. The first-order chi connectivity index (χ1) is 12.0. The molecular weight excluding hydrogens is 374 g/mol. The van der Waals surface area contributed by atoms with E-state index in [1.165, 1.54) is 6.07 Å². The van der Waals surface area contributed by atoms with Crippen molar-refractivity contribution in [1.82, 2.24) is 0 Å². The van der Waals surface area contributed by atoms with E-state index >= 15 is 0 Å². The summed E-state index contributed by atoms with van der Waals surface area (Å²) in [5.74, 6) is 0.131. The Balaban J connectivity index is 2.75. The lowest BCUT2D eigenvalue weighted by atomic mass is 9.92. The third kappa shape index (κ3) is 5.38. The van der Waals surface area contributed by atoms with Crippen LogP contribution in [-0.4, -0.2) is 23.1 Å². The smallest absolute Gasteiger partial charge is 0.257 e. The van der Waals surface area contributed by atoms with Crippen LogP contribution in [0.3, 0.4) is 0 Å². The van der Waals surface area contributed by atoms with Crippen LogP contribution in [-0.2, 0) is 30.7 Å². The molecule has 0 aromatic heterocycles. The maximum Gasteiger partial charge on any atom is 0.265 e. The van der Waals surface area contributed by atoms with Crippen LogP contribution in [0.2, 0.25) is 0 Å². The van der Waals surface area contributed by atoms with Crippen molar-refractivity contribution in [2.75, 3.05) is 6.26 Å². The molecule has 0 aliphatic carbocycles. The van der Waals surface area contributed by atoms with Crippen LogP contribution < -0.4 is 5.14 Å². The first kappa shape index (κ1) is 20.6. The van der Waals surface area contributed by atoms with Gasteiger partial charge in [-0.25, -0.2) is 13.6 Å². The van der Waals surface area contributed by atoms with Crippen molar-refractivity contribution in [3.8, 4) is 0 Å². The molecule has 2 aromatic carbocycles. The maximum atomic E-state index is 12.1. The van der Waals surface area contributed by atoms with Gasteiger partial charge in [0.1, 0.15) is 6.10 Å². The molecule has 0 bridgehead atoms. The molecule has 6 nitrogen and oxygen atoms in total. The quantitative estimate of drug-likeness (QED) is 0.723. The molecule has 0 heterocycles. The molecule has 0 saturated heterocycles. The first-order valence-electron chi connectivity index (χ1n) is 8.07. The third-order valence-corrected chi connectivity index (χ3v) is 5.28. The molecule has 0 radical (unpaired) electrons. The van der Waals surface area contributed by atoms with Gasteiger partial charge in [-0.05, 0) is 35.1 Å². The zero-order valence-corrected chi connectivity index (χ0v) is 16.5. The Bertz CT molecular complexity index is 968. The number of rotatable bonds is 7. The van der Waals surface area contributed by atoms with Crippen LogP contribution in [0.1, 0.15) is 36.6 Å². The zero-order chi connectivity index (χ0) is 19.5. The summed E-state index contributed by atoms with van der Waals surface area (Å²) in [6.07, 6.45) is 0.425. The topological polar surface area (TPSA) is 104 Å². The van der Waals surface area contributed by atoms with E-state index in [0.29, 0.717) is 23.1 Å². The van der Waals surface area contributed by atoms with Gasteiger partial charge in [-0.3, -0.25) is 4.18 Å². The van der Waals surface area contributed by atoms with Crippen molar-refractivity contribution in [2.24, 2.45) is 11.1 Å². The Kier molecular flexibility index (Phi) is 6.23. The fraction of sp³-hybridized carbons (Fsp3) is 0.333. The molecule has 0 aliphatic rings. The van der Waals surface area contributed by atoms with Crippen LogP contribution in [0.25, 0.3) is 0 Å². The fourth-order valence-electron chi connectivity index (χ4n) is 2.81. The van der Waals surface area contributed by atoms with Crippen molar-refractivity contribution < 1.29 is 21.0 Å². The van der Waals surface area contributed by atoms with Gasteiger partial charge in [-0.2, -0.15) is 8.42 Å². The first-order valence-corrected chi connectivity index (χ1v) is 11.4. The van der Waals surface area contributed by atoms with Gasteiger partial charge in [0.15, 0.2) is 0 Å². The summed E-state index contributed by atoms with van der Waals surface area (Å²) in [4.78, 5) is -0.0123. The van der Waals surface area contributed by atoms with Gasteiger partial charge in [0.05, 0.1) is 11.2 Å². The van der Waals surface area contributed by atoms with Gasteiger partial charge in [0.2, 0.25) is 10.0 Å². The predicted octanol–water partition coefficient (Wildman–Crippen LogP) is 2.60. The Hall–Kier alpha value is -1.74. The highest BCUT2D eigenvalue weighted by atomic mass is 32.2. The zero-order valence-electron chi connectivity index (χ0n) is 14.9. The molecular formula is C18H23NO5S2. The number of primary sulfonamides is 1. The number of hydrogen-bond acceptors (Lipinski definition) is 5. The van der Waals surface area contributed by atoms with Crippen molar-refractivity contribution >= 4 is 20.1 Å². The maximum absolute atomic E-state index is 12.1. The third-order valence-electron chi connectivity index (χ3n) is 3.74. The lowest BCUT2D eigenvalue weighted by Crippen LogP contribution is -2.20. The molecule has 0 saturated carbocycles. The summed E-state index contributed by atoms with van der Waals surface area (Å²) in [7, 11) is -7.76. The summed E-state index contributed by atoms with van der Waals surface area (Å²) in [5, 5.41) is 5.38. The Morgan fingerprint density at radius 1 is 0.962 bits per heavy atom. The fourth-order valence-corrected chi connectivity index (χ4v) is 4.19. The Morgan fingerprint density at radius 2 is 1.58 bits per heavy atom. The summed E-state index contributed by atoms with van der Waals surface area (Å²) >= 11 is 0. The van der Waals surface area contributed by atoms with E-state index < -0.39 is 26.2 Å². The second-order valence-electron chi connectivity index (χ2n) is 6.56. The second-order valence-corrected chi connectivity index (χ2v) is 9.69. The predicted molar refractivity (Wildman–Crippen MR) is 101 cm³/mol. The van der Waals surface area contributed by atoms with Crippen LogP contribution in [0.4, 0.5) is 0 Å². The summed E-state index contributed by atoms with van der Waals surface area (Å²) in [5.41, 5.74) is 1.55. The number of benzene rings is 2. The monoisotopic (exact) mass is 397 g/mol. The van der Waals surface area contributed by atoms with Crippen molar-refractivity contribution in [1.29, 1.82) is 0 Å². The summed E-state index contributed by atoms with van der Waals surface area (Å²) in [6, 6.07) is 13.4. The minimum Gasteiger partial charge on any atom is -0.257 e. The molecule has 2 aromatic rings. The molecule has 0 aliphatic heterocycles.